The second-order valence-corrected chi connectivity index (χ2v) is 2.42. The van der Waals surface area contributed by atoms with Crippen LogP contribution >= 0.6 is 0 Å². The van der Waals surface area contributed by atoms with Gasteiger partial charge in [-0.05, 0) is 25.0 Å². The van der Waals surface area contributed by atoms with Gasteiger partial charge >= 0.3 is 0 Å². The molecule has 11 heavy (non-hydrogen) atoms. The van der Waals surface area contributed by atoms with Crippen molar-refractivity contribution in [2.45, 2.75) is 13.8 Å². The highest BCUT2D eigenvalue weighted by Gasteiger charge is 2.03. The van der Waals surface area contributed by atoms with Crippen molar-refractivity contribution in [3.8, 4) is 6.07 Å². The van der Waals surface area contributed by atoms with Gasteiger partial charge in [0.25, 0.3) is 0 Å². The number of hydrogen-bond donors (Lipinski definition) is 1. The molecule has 2 N–H and O–H groups in total. The van der Waals surface area contributed by atoms with E-state index in [1.165, 1.54) is 6.20 Å². The molecule has 0 aliphatic rings. The fourth-order valence-corrected chi connectivity index (χ4v) is 0.835. The topological polar surface area (TPSA) is 62.7 Å². The average Bonchev–Trinajstić information content (AvgIpc) is 2.01. The molecule has 1 aromatic heterocycles. The Balaban J connectivity index is 3.40. The molecule has 1 heterocycles. The van der Waals surface area contributed by atoms with Gasteiger partial charge in [0.15, 0.2) is 0 Å². The van der Waals surface area contributed by atoms with Gasteiger partial charge in [-0.1, -0.05) is 0 Å². The third-order valence-corrected chi connectivity index (χ3v) is 1.79. The SMILES string of the molecule is Cc1c(N)cnc(C#N)c1C. The van der Waals surface area contributed by atoms with E-state index in [4.69, 9.17) is 11.0 Å². The Labute approximate surface area is 65.5 Å². The summed E-state index contributed by atoms with van der Waals surface area (Å²) in [7, 11) is 0. The molecule has 0 unspecified atom stereocenters. The lowest BCUT2D eigenvalue weighted by molar-refractivity contribution is 1.18. The van der Waals surface area contributed by atoms with Gasteiger partial charge in [-0.2, -0.15) is 5.26 Å². The molecule has 0 atom stereocenters. The summed E-state index contributed by atoms with van der Waals surface area (Å²) in [5.74, 6) is 0. The first-order valence-corrected chi connectivity index (χ1v) is 3.28. The van der Waals surface area contributed by atoms with Crippen LogP contribution in [0.1, 0.15) is 16.8 Å². The monoisotopic (exact) mass is 147 g/mol. The molecule has 0 aliphatic heterocycles. The van der Waals surface area contributed by atoms with Gasteiger partial charge in [0.05, 0.1) is 11.9 Å². The number of aromatic nitrogens is 1. The molecule has 3 nitrogen and oxygen atoms in total. The van der Waals surface area contributed by atoms with Gasteiger partial charge < -0.3 is 5.73 Å². The maximum atomic E-state index is 8.58. The molecule has 0 bridgehead atoms. The van der Waals surface area contributed by atoms with E-state index in [0.29, 0.717) is 11.4 Å². The third kappa shape index (κ3) is 1.15. The molecule has 0 amide bonds. The zero-order chi connectivity index (χ0) is 8.43. The summed E-state index contributed by atoms with van der Waals surface area (Å²) in [5.41, 5.74) is 8.48. The number of pyridine rings is 1. The van der Waals surface area contributed by atoms with Crippen molar-refractivity contribution in [3.63, 3.8) is 0 Å². The smallest absolute Gasteiger partial charge is 0.143 e. The summed E-state index contributed by atoms with van der Waals surface area (Å²) < 4.78 is 0. The Bertz CT molecular complexity index is 323. The summed E-state index contributed by atoms with van der Waals surface area (Å²) in [6, 6.07) is 2.00. The lowest BCUT2D eigenvalue weighted by Crippen LogP contribution is -1.97. The molecule has 0 saturated heterocycles. The quantitative estimate of drug-likeness (QED) is 0.598. The summed E-state index contributed by atoms with van der Waals surface area (Å²) in [6.07, 6.45) is 1.51. The fourth-order valence-electron chi connectivity index (χ4n) is 0.835. The predicted molar refractivity (Wildman–Crippen MR) is 42.8 cm³/mol. The Morgan fingerprint density at radius 3 is 2.64 bits per heavy atom. The second-order valence-electron chi connectivity index (χ2n) is 2.42. The summed E-state index contributed by atoms with van der Waals surface area (Å²) in [4.78, 5) is 3.87. The van der Waals surface area contributed by atoms with Crippen molar-refractivity contribution in [2.75, 3.05) is 5.73 Å². The van der Waals surface area contributed by atoms with Crippen LogP contribution in [0.15, 0.2) is 6.20 Å². The van der Waals surface area contributed by atoms with E-state index in [1.807, 2.05) is 19.9 Å². The number of hydrogen-bond acceptors (Lipinski definition) is 3. The average molecular weight is 147 g/mol. The van der Waals surface area contributed by atoms with E-state index in [-0.39, 0.29) is 0 Å². The number of nitrogens with zero attached hydrogens (tertiary/aromatic N) is 2. The van der Waals surface area contributed by atoms with Crippen molar-refractivity contribution in [2.24, 2.45) is 0 Å². The van der Waals surface area contributed by atoms with Crippen molar-refractivity contribution in [3.05, 3.63) is 23.0 Å². The van der Waals surface area contributed by atoms with Crippen molar-refractivity contribution >= 4 is 5.69 Å². The van der Waals surface area contributed by atoms with Crippen LogP contribution in [-0.2, 0) is 0 Å². The zero-order valence-electron chi connectivity index (χ0n) is 6.55. The molecular formula is C8H9N3. The number of nitrogens with two attached hydrogens (primary N) is 1. The van der Waals surface area contributed by atoms with E-state index in [2.05, 4.69) is 4.98 Å². The summed E-state index contributed by atoms with van der Waals surface area (Å²) in [5, 5.41) is 8.58. The van der Waals surface area contributed by atoms with E-state index >= 15 is 0 Å². The highest BCUT2D eigenvalue weighted by Crippen LogP contribution is 2.15. The van der Waals surface area contributed by atoms with Gasteiger partial charge in [-0.3, -0.25) is 0 Å². The minimum absolute atomic E-state index is 0.455. The Hall–Kier alpha value is -1.56. The first-order valence-electron chi connectivity index (χ1n) is 3.28. The summed E-state index contributed by atoms with van der Waals surface area (Å²) in [6.45, 7) is 3.73. The molecule has 3 heteroatoms. The van der Waals surface area contributed by atoms with Crippen LogP contribution in [0.3, 0.4) is 0 Å². The Morgan fingerprint density at radius 1 is 1.45 bits per heavy atom. The Morgan fingerprint density at radius 2 is 2.09 bits per heavy atom. The molecule has 0 aliphatic carbocycles. The molecule has 1 aromatic rings. The molecule has 0 saturated carbocycles. The summed E-state index contributed by atoms with van der Waals surface area (Å²) >= 11 is 0. The van der Waals surface area contributed by atoms with E-state index < -0.39 is 0 Å². The van der Waals surface area contributed by atoms with Gasteiger partial charge in [-0.15, -0.1) is 0 Å². The van der Waals surface area contributed by atoms with E-state index in [0.717, 1.165) is 11.1 Å². The number of nitrogen functional groups attached to an aromatic ring is 1. The van der Waals surface area contributed by atoms with Crippen LogP contribution in [-0.4, -0.2) is 4.98 Å². The second kappa shape index (κ2) is 2.59. The first kappa shape index (κ1) is 7.55. The number of rotatable bonds is 0. The lowest BCUT2D eigenvalue weighted by atomic mass is 10.1. The largest absolute Gasteiger partial charge is 0.397 e. The maximum absolute atomic E-state index is 8.58. The van der Waals surface area contributed by atoms with Crippen molar-refractivity contribution < 1.29 is 0 Å². The minimum atomic E-state index is 0.455. The van der Waals surface area contributed by atoms with Gasteiger partial charge in [0.1, 0.15) is 11.8 Å². The van der Waals surface area contributed by atoms with E-state index in [9.17, 15) is 0 Å². The highest BCUT2D eigenvalue weighted by atomic mass is 14.7. The molecule has 1 rings (SSSR count). The lowest BCUT2D eigenvalue weighted by Gasteiger charge is -2.03. The van der Waals surface area contributed by atoms with Crippen molar-refractivity contribution in [1.82, 2.24) is 4.98 Å². The van der Waals surface area contributed by atoms with Gasteiger partial charge in [0.2, 0.25) is 0 Å². The standard InChI is InChI=1S/C8H9N3/c1-5-6(2)8(3-9)11-4-7(5)10/h4H,10H2,1-2H3. The fraction of sp³-hybridized carbons (Fsp3) is 0.250. The van der Waals surface area contributed by atoms with Crippen LogP contribution in [0.5, 0.6) is 0 Å². The molecule has 0 aromatic carbocycles. The van der Waals surface area contributed by atoms with Gasteiger partial charge in [0, 0.05) is 0 Å². The number of nitriles is 1. The zero-order valence-corrected chi connectivity index (χ0v) is 6.55. The normalized spacial score (nSPS) is 9.18. The van der Waals surface area contributed by atoms with Crippen LogP contribution in [0.25, 0.3) is 0 Å². The molecule has 56 valence electrons. The molecule has 0 radical (unpaired) electrons. The van der Waals surface area contributed by atoms with Gasteiger partial charge in [-0.25, -0.2) is 4.98 Å². The third-order valence-electron chi connectivity index (χ3n) is 1.79. The van der Waals surface area contributed by atoms with Crippen molar-refractivity contribution in [1.29, 1.82) is 5.26 Å². The predicted octanol–water partition coefficient (Wildman–Crippen LogP) is 1.15. The van der Waals surface area contributed by atoms with Crippen LogP contribution < -0.4 is 5.73 Å². The minimum Gasteiger partial charge on any atom is -0.397 e. The highest BCUT2D eigenvalue weighted by molar-refractivity contribution is 5.51. The maximum Gasteiger partial charge on any atom is 0.143 e. The van der Waals surface area contributed by atoms with Crippen LogP contribution in [0.2, 0.25) is 0 Å². The first-order chi connectivity index (χ1) is 5.16. The molecule has 0 spiro atoms. The van der Waals surface area contributed by atoms with Crippen LogP contribution in [0, 0.1) is 25.2 Å². The number of anilines is 1. The van der Waals surface area contributed by atoms with E-state index in [1.54, 1.807) is 0 Å². The van der Waals surface area contributed by atoms with Crippen LogP contribution in [0.4, 0.5) is 5.69 Å². The Kier molecular flexibility index (Phi) is 1.77. The molecular weight excluding hydrogens is 138 g/mol. The molecule has 0 fully saturated rings.